The highest BCUT2D eigenvalue weighted by molar-refractivity contribution is 5.89. The summed E-state index contributed by atoms with van der Waals surface area (Å²) in [5.41, 5.74) is 1.33. The molecule has 0 radical (unpaired) electrons. The SMILES string of the molecule is O=C(NCc1cccc(F)c1)[C@@H]1COCC(=O)N1Cc1ccc(F)cc1. The first-order chi connectivity index (χ1) is 12.5. The molecule has 0 bridgehead atoms. The first kappa shape index (κ1) is 18.0. The van der Waals surface area contributed by atoms with Crippen LogP contribution in [0.15, 0.2) is 48.5 Å². The minimum absolute atomic E-state index is 0.0713. The number of rotatable bonds is 5. The predicted molar refractivity (Wildman–Crippen MR) is 89.8 cm³/mol. The van der Waals surface area contributed by atoms with Gasteiger partial charge in [-0.05, 0) is 35.4 Å². The van der Waals surface area contributed by atoms with E-state index >= 15 is 0 Å². The second kappa shape index (κ2) is 8.05. The number of morpholine rings is 1. The standard InChI is InChI=1S/C19H18F2N2O3/c20-15-6-4-13(5-7-15)10-23-17(11-26-12-18(23)24)19(25)22-9-14-2-1-3-16(21)8-14/h1-8,17H,9-12H2,(H,22,25)/t17-/m0/s1. The molecule has 0 spiro atoms. The summed E-state index contributed by atoms with van der Waals surface area (Å²) >= 11 is 0. The molecule has 0 saturated carbocycles. The van der Waals surface area contributed by atoms with Gasteiger partial charge in [-0.15, -0.1) is 0 Å². The molecule has 1 N–H and O–H groups in total. The van der Waals surface area contributed by atoms with Gasteiger partial charge in [-0.1, -0.05) is 24.3 Å². The Morgan fingerprint density at radius 2 is 1.88 bits per heavy atom. The summed E-state index contributed by atoms with van der Waals surface area (Å²) in [4.78, 5) is 26.1. The van der Waals surface area contributed by atoms with Crippen LogP contribution in [-0.4, -0.2) is 36.0 Å². The number of hydrogen-bond acceptors (Lipinski definition) is 3. The zero-order chi connectivity index (χ0) is 18.5. The summed E-state index contributed by atoms with van der Waals surface area (Å²) in [6.45, 7) is 0.295. The molecule has 5 nitrogen and oxygen atoms in total. The van der Waals surface area contributed by atoms with Crippen molar-refractivity contribution in [3.63, 3.8) is 0 Å². The number of hydrogen-bond donors (Lipinski definition) is 1. The summed E-state index contributed by atoms with van der Waals surface area (Å²) in [5, 5.41) is 2.70. The van der Waals surface area contributed by atoms with Crippen molar-refractivity contribution in [2.24, 2.45) is 0 Å². The fourth-order valence-electron chi connectivity index (χ4n) is 2.76. The first-order valence-electron chi connectivity index (χ1n) is 8.17. The number of carbonyl (C=O) groups is 2. The summed E-state index contributed by atoms with van der Waals surface area (Å²) in [5.74, 6) is -1.45. The van der Waals surface area contributed by atoms with E-state index in [1.54, 1.807) is 24.3 Å². The third kappa shape index (κ3) is 4.43. The van der Waals surface area contributed by atoms with Crippen LogP contribution in [0.5, 0.6) is 0 Å². The molecule has 1 heterocycles. The Kier molecular flexibility index (Phi) is 5.58. The van der Waals surface area contributed by atoms with Gasteiger partial charge in [0.1, 0.15) is 24.3 Å². The summed E-state index contributed by atoms with van der Waals surface area (Å²) in [7, 11) is 0. The molecule has 1 saturated heterocycles. The average Bonchev–Trinajstić information content (AvgIpc) is 2.63. The van der Waals surface area contributed by atoms with Gasteiger partial charge in [0, 0.05) is 13.1 Å². The highest BCUT2D eigenvalue weighted by atomic mass is 19.1. The van der Waals surface area contributed by atoms with Crippen LogP contribution in [0.25, 0.3) is 0 Å². The fraction of sp³-hybridized carbons (Fsp3) is 0.263. The fourth-order valence-corrected chi connectivity index (χ4v) is 2.76. The van der Waals surface area contributed by atoms with Crippen LogP contribution in [0.3, 0.4) is 0 Å². The van der Waals surface area contributed by atoms with Crippen molar-refractivity contribution in [3.05, 3.63) is 71.3 Å². The molecule has 7 heteroatoms. The topological polar surface area (TPSA) is 58.6 Å². The number of ether oxygens (including phenoxy) is 1. The van der Waals surface area contributed by atoms with E-state index < -0.39 is 6.04 Å². The molecule has 1 aliphatic rings. The van der Waals surface area contributed by atoms with Gasteiger partial charge >= 0.3 is 0 Å². The molecule has 0 aliphatic carbocycles. The quantitative estimate of drug-likeness (QED) is 0.887. The summed E-state index contributed by atoms with van der Waals surface area (Å²) in [6, 6.07) is 10.9. The van der Waals surface area contributed by atoms with Crippen LogP contribution in [0.1, 0.15) is 11.1 Å². The second-order valence-electron chi connectivity index (χ2n) is 6.03. The molecule has 0 aromatic heterocycles. The molecule has 3 rings (SSSR count). The first-order valence-corrected chi connectivity index (χ1v) is 8.17. The van der Waals surface area contributed by atoms with Gasteiger partial charge in [-0.2, -0.15) is 0 Å². The maximum atomic E-state index is 13.2. The Labute approximate surface area is 149 Å². The lowest BCUT2D eigenvalue weighted by Gasteiger charge is -2.34. The molecule has 2 aromatic rings. The largest absolute Gasteiger partial charge is 0.369 e. The zero-order valence-corrected chi connectivity index (χ0v) is 14.0. The number of benzene rings is 2. The highest BCUT2D eigenvalue weighted by Gasteiger charge is 2.33. The van der Waals surface area contributed by atoms with Crippen LogP contribution in [0.4, 0.5) is 8.78 Å². The van der Waals surface area contributed by atoms with E-state index in [0.717, 1.165) is 0 Å². The van der Waals surface area contributed by atoms with E-state index in [9.17, 15) is 18.4 Å². The van der Waals surface area contributed by atoms with E-state index in [-0.39, 0.29) is 49.8 Å². The molecule has 136 valence electrons. The Bertz CT molecular complexity index is 796. The van der Waals surface area contributed by atoms with E-state index in [0.29, 0.717) is 11.1 Å². The molecule has 2 amide bonds. The maximum Gasteiger partial charge on any atom is 0.249 e. The Morgan fingerprint density at radius 1 is 1.12 bits per heavy atom. The van der Waals surface area contributed by atoms with E-state index in [1.807, 2.05) is 0 Å². The monoisotopic (exact) mass is 360 g/mol. The third-order valence-corrected chi connectivity index (χ3v) is 4.12. The van der Waals surface area contributed by atoms with Crippen LogP contribution >= 0.6 is 0 Å². The van der Waals surface area contributed by atoms with Crippen molar-refractivity contribution in [2.75, 3.05) is 13.2 Å². The van der Waals surface area contributed by atoms with Crippen molar-refractivity contribution in [1.82, 2.24) is 10.2 Å². The van der Waals surface area contributed by atoms with Crippen LogP contribution < -0.4 is 5.32 Å². The van der Waals surface area contributed by atoms with Crippen molar-refractivity contribution < 1.29 is 23.1 Å². The number of amides is 2. The zero-order valence-electron chi connectivity index (χ0n) is 14.0. The number of halogens is 2. The molecule has 0 unspecified atom stereocenters. The van der Waals surface area contributed by atoms with Crippen molar-refractivity contribution in [3.8, 4) is 0 Å². The molecule has 26 heavy (non-hydrogen) atoms. The van der Waals surface area contributed by atoms with Gasteiger partial charge < -0.3 is 15.0 Å². The maximum absolute atomic E-state index is 13.2. The Balaban J connectivity index is 1.67. The Morgan fingerprint density at radius 3 is 2.62 bits per heavy atom. The third-order valence-electron chi connectivity index (χ3n) is 4.12. The Hall–Kier alpha value is -2.80. The van der Waals surface area contributed by atoms with Gasteiger partial charge in [-0.25, -0.2) is 8.78 Å². The van der Waals surface area contributed by atoms with Gasteiger partial charge in [0.05, 0.1) is 6.61 Å². The van der Waals surface area contributed by atoms with Crippen molar-refractivity contribution in [1.29, 1.82) is 0 Å². The predicted octanol–water partition coefficient (Wildman–Crippen LogP) is 2.01. The molecular weight excluding hydrogens is 342 g/mol. The van der Waals surface area contributed by atoms with E-state index in [4.69, 9.17) is 4.74 Å². The van der Waals surface area contributed by atoms with Gasteiger partial charge in [0.2, 0.25) is 11.8 Å². The number of carbonyl (C=O) groups excluding carboxylic acids is 2. The number of nitrogens with zero attached hydrogens (tertiary/aromatic N) is 1. The molecule has 1 atom stereocenters. The minimum atomic E-state index is -0.796. The van der Waals surface area contributed by atoms with Crippen molar-refractivity contribution >= 4 is 11.8 Å². The molecule has 1 fully saturated rings. The van der Waals surface area contributed by atoms with Gasteiger partial charge in [-0.3, -0.25) is 9.59 Å². The van der Waals surface area contributed by atoms with Crippen LogP contribution in [-0.2, 0) is 27.4 Å². The molecular formula is C19H18F2N2O3. The molecule has 1 aliphatic heterocycles. The minimum Gasteiger partial charge on any atom is -0.369 e. The lowest BCUT2D eigenvalue weighted by molar-refractivity contribution is -0.155. The summed E-state index contributed by atoms with van der Waals surface area (Å²) in [6.07, 6.45) is 0. The normalized spacial score (nSPS) is 17.2. The lowest BCUT2D eigenvalue weighted by atomic mass is 10.1. The summed E-state index contributed by atoms with van der Waals surface area (Å²) < 4.78 is 31.5. The molecule has 2 aromatic carbocycles. The highest BCUT2D eigenvalue weighted by Crippen LogP contribution is 2.15. The van der Waals surface area contributed by atoms with Gasteiger partial charge in [0.15, 0.2) is 0 Å². The smallest absolute Gasteiger partial charge is 0.249 e. The van der Waals surface area contributed by atoms with E-state index in [1.165, 1.54) is 29.2 Å². The average molecular weight is 360 g/mol. The van der Waals surface area contributed by atoms with Crippen LogP contribution in [0.2, 0.25) is 0 Å². The van der Waals surface area contributed by atoms with Crippen molar-refractivity contribution in [2.45, 2.75) is 19.1 Å². The second-order valence-corrected chi connectivity index (χ2v) is 6.03. The lowest BCUT2D eigenvalue weighted by Crippen LogP contribution is -2.55. The number of nitrogens with one attached hydrogen (secondary N) is 1. The van der Waals surface area contributed by atoms with Crippen LogP contribution in [0, 0.1) is 11.6 Å². The van der Waals surface area contributed by atoms with Gasteiger partial charge in [0.25, 0.3) is 0 Å². The van der Waals surface area contributed by atoms with E-state index in [2.05, 4.69) is 5.32 Å².